The first-order valence-corrected chi connectivity index (χ1v) is 27.3. The summed E-state index contributed by atoms with van der Waals surface area (Å²) in [4.78, 5) is 58.4. The van der Waals surface area contributed by atoms with E-state index in [1.165, 1.54) is 13.8 Å². The van der Waals surface area contributed by atoms with Crippen molar-refractivity contribution in [2.24, 2.45) is 16.7 Å². The summed E-state index contributed by atoms with van der Waals surface area (Å²) < 4.78 is 83.0. The number of aliphatic hydroxyl groups excluding tert-OH is 1. The highest BCUT2D eigenvalue weighted by molar-refractivity contribution is 6.73. The van der Waals surface area contributed by atoms with Gasteiger partial charge in [0.15, 0.2) is 25.8 Å². The molecule has 1 aromatic rings. The van der Waals surface area contributed by atoms with Crippen LogP contribution in [0.15, 0.2) is 41.5 Å². The van der Waals surface area contributed by atoms with Gasteiger partial charge in [0.2, 0.25) is 0 Å². The van der Waals surface area contributed by atoms with Crippen LogP contribution >= 0.6 is 0 Å². The van der Waals surface area contributed by atoms with Gasteiger partial charge < -0.3 is 53.1 Å². The number of fused-ring (bicyclic) bond motifs is 8. The zero-order valence-electron chi connectivity index (χ0n) is 42.0. The van der Waals surface area contributed by atoms with E-state index in [0.29, 0.717) is 48.7 Å². The molecule has 3 aliphatic heterocycles. The number of amides is 1. The van der Waals surface area contributed by atoms with E-state index in [0.717, 1.165) is 6.42 Å². The van der Waals surface area contributed by atoms with E-state index >= 15 is 13.6 Å². The number of hydrogen-bond acceptors (Lipinski definition) is 15. The number of likely N-dealkylation sites (tertiary alicyclic amines) is 1. The fourth-order valence-corrected chi connectivity index (χ4v) is 15.7. The second-order valence-corrected chi connectivity index (χ2v) is 26.0. The quantitative estimate of drug-likeness (QED) is 0.0665. The topological polar surface area (TPSA) is 198 Å². The lowest BCUT2D eigenvalue weighted by atomic mass is 9.45. The molecular formula is C50H74F2N2O14Si. The largest absolute Gasteiger partial charge is 0.456 e. The molecule has 2 bridgehead atoms. The third-order valence-corrected chi connectivity index (χ3v) is 21.6. The van der Waals surface area contributed by atoms with Crippen molar-refractivity contribution in [1.82, 2.24) is 10.2 Å². The molecule has 3 heterocycles. The van der Waals surface area contributed by atoms with Crippen molar-refractivity contribution in [2.75, 3.05) is 26.3 Å². The van der Waals surface area contributed by atoms with Gasteiger partial charge in [-0.2, -0.15) is 0 Å². The summed E-state index contributed by atoms with van der Waals surface area (Å²) in [6.07, 6.45) is -10.2. The Hall–Kier alpha value is -3.56. The first-order chi connectivity index (χ1) is 32.4. The molecule has 0 unspecified atom stereocenters. The Labute approximate surface area is 405 Å². The summed E-state index contributed by atoms with van der Waals surface area (Å²) in [5.74, 6) is -3.64. The molecule has 3 N–H and O–H groups in total. The number of carbonyl (C=O) groups is 4. The van der Waals surface area contributed by atoms with Crippen molar-refractivity contribution < 1.29 is 75.8 Å². The van der Waals surface area contributed by atoms with Gasteiger partial charge in [-0.3, -0.25) is 9.69 Å². The van der Waals surface area contributed by atoms with Gasteiger partial charge in [-0.05, 0) is 88.4 Å². The molecule has 0 radical (unpaired) electrons. The fraction of sp³-hybridized carbons (Fsp3) is 0.760. The van der Waals surface area contributed by atoms with Gasteiger partial charge in [0, 0.05) is 43.3 Å². The predicted molar refractivity (Wildman–Crippen MR) is 248 cm³/mol. The van der Waals surface area contributed by atoms with Crippen LogP contribution in [0.4, 0.5) is 13.6 Å². The molecule has 2 saturated carbocycles. The van der Waals surface area contributed by atoms with E-state index in [1.54, 1.807) is 65.0 Å². The van der Waals surface area contributed by atoms with Crippen LogP contribution in [0.3, 0.4) is 0 Å². The molecule has 3 saturated heterocycles. The zero-order chi connectivity index (χ0) is 50.6. The molecule has 16 nitrogen and oxygen atoms in total. The Balaban J connectivity index is 1.43. The maximum atomic E-state index is 15.6. The number of alkyl halides is 2. The summed E-state index contributed by atoms with van der Waals surface area (Å²) in [5, 5.41) is 26.5. The second kappa shape index (κ2) is 19.8. The van der Waals surface area contributed by atoms with Crippen LogP contribution in [-0.2, 0) is 47.2 Å². The number of aliphatic hydroxyl groups is 2. The normalized spacial score (nSPS) is 35.1. The average molecular weight is 993 g/mol. The molecule has 5 fully saturated rings. The molecule has 13 atom stereocenters. The maximum absolute atomic E-state index is 15.6. The van der Waals surface area contributed by atoms with Gasteiger partial charge in [0.25, 0.3) is 6.43 Å². The molecule has 1 aromatic carbocycles. The SMILES string of the molecule is CC[Si](CC)(CC)O[C@@](C)(C(=O)O[C@H]1C[C@@]2(O)[C@@H](OC(=O)c3ccccc3)[C@H]3[C@@](C)(CC[C@H]4OC[C@]43OC(C)=O)[C@@H]3O[C@H](CN4CC[C@H]4CO)O[C@@H]3C(=C1C)C2(C)C)[C@@H](NC(=O)OC(C)C)C(F)F. The number of nitrogens with one attached hydrogen (secondary N) is 1. The van der Waals surface area contributed by atoms with E-state index in [9.17, 15) is 24.6 Å². The highest BCUT2D eigenvalue weighted by Gasteiger charge is 2.77. The lowest BCUT2D eigenvalue weighted by molar-refractivity contribution is -0.345. The van der Waals surface area contributed by atoms with Crippen LogP contribution in [0, 0.1) is 16.7 Å². The number of carbonyl (C=O) groups excluding carboxylic acids is 4. The Morgan fingerprint density at radius 1 is 1.01 bits per heavy atom. The van der Waals surface area contributed by atoms with Crippen molar-refractivity contribution in [3.05, 3.63) is 47.0 Å². The molecule has 3 aliphatic carbocycles. The molecular weight excluding hydrogens is 919 g/mol. The van der Waals surface area contributed by atoms with Crippen LogP contribution in [0.1, 0.15) is 112 Å². The molecule has 0 aromatic heterocycles. The minimum absolute atomic E-state index is 0.0562. The molecule has 7 rings (SSSR count). The van der Waals surface area contributed by atoms with Crippen molar-refractivity contribution in [1.29, 1.82) is 0 Å². The Kier molecular flexibility index (Phi) is 15.3. The van der Waals surface area contributed by atoms with E-state index in [4.69, 9.17) is 37.6 Å². The Morgan fingerprint density at radius 3 is 2.22 bits per heavy atom. The minimum Gasteiger partial charge on any atom is -0.456 e. The van der Waals surface area contributed by atoms with Gasteiger partial charge >= 0.3 is 24.0 Å². The Morgan fingerprint density at radius 2 is 1.68 bits per heavy atom. The zero-order valence-corrected chi connectivity index (χ0v) is 43.0. The first-order valence-electron chi connectivity index (χ1n) is 24.7. The lowest BCUT2D eigenvalue weighted by Crippen LogP contribution is -2.79. The number of ether oxygens (including phenoxy) is 7. The third kappa shape index (κ3) is 9.18. The number of esters is 3. The smallest absolute Gasteiger partial charge is 0.407 e. The standard InChI is InChI=1S/C50H74F2N2O14Si/c1-12-69(13-2,14-3)68-48(11,39(42(51)52)53-45(59)62-28(4)5)44(58)63-33-24-50(60)41(66-43(57)31-18-16-15-17-19-31)38-47(10,22-20-34-49(38,27-61-34)67-30(7)56)40-37(36(29(33)6)46(50,8)9)64-35(65-40)25-54-23-21-32(54)26-55/h15-19,28,32-35,37-42,55,60H,12-14,20-27H2,1-11H3,(H,53,59)/t32-,33-,34+,35+,37+,38-,39-,40+,41-,47+,48+,49-,50+/m0/s1. The van der Waals surface area contributed by atoms with Crippen molar-refractivity contribution >= 4 is 32.3 Å². The van der Waals surface area contributed by atoms with Crippen LogP contribution in [0.5, 0.6) is 0 Å². The van der Waals surface area contributed by atoms with Crippen molar-refractivity contribution in [3.63, 3.8) is 0 Å². The van der Waals surface area contributed by atoms with Crippen molar-refractivity contribution in [2.45, 2.75) is 198 Å². The highest BCUT2D eigenvalue weighted by Crippen LogP contribution is 2.67. The lowest BCUT2D eigenvalue weighted by Gasteiger charge is -2.68. The van der Waals surface area contributed by atoms with Gasteiger partial charge in [-0.1, -0.05) is 59.7 Å². The summed E-state index contributed by atoms with van der Waals surface area (Å²) in [7, 11) is -2.98. The van der Waals surface area contributed by atoms with Crippen LogP contribution in [-0.4, -0.2) is 152 Å². The molecule has 69 heavy (non-hydrogen) atoms. The van der Waals surface area contributed by atoms with Gasteiger partial charge in [-0.25, -0.2) is 23.2 Å². The summed E-state index contributed by atoms with van der Waals surface area (Å²) in [5.41, 5.74) is -7.46. The summed E-state index contributed by atoms with van der Waals surface area (Å²) in [6, 6.07) is 7.30. The van der Waals surface area contributed by atoms with E-state index in [-0.39, 0.29) is 31.4 Å². The number of rotatable bonds is 17. The molecule has 1 amide bonds. The number of nitrogens with zero attached hydrogens (tertiary/aromatic N) is 1. The minimum atomic E-state index is -3.33. The molecule has 6 aliphatic rings. The first kappa shape index (κ1) is 53.2. The maximum Gasteiger partial charge on any atom is 0.407 e. The predicted octanol–water partition coefficient (Wildman–Crippen LogP) is 6.46. The number of halogens is 2. The number of alkyl carbamates (subject to hydrolysis) is 1. The van der Waals surface area contributed by atoms with Crippen molar-refractivity contribution in [3.8, 4) is 0 Å². The van der Waals surface area contributed by atoms with Crippen LogP contribution in [0.25, 0.3) is 0 Å². The monoisotopic (exact) mass is 992 g/mol. The summed E-state index contributed by atoms with van der Waals surface area (Å²) >= 11 is 0. The number of hydrogen-bond donors (Lipinski definition) is 3. The molecule has 19 heteroatoms. The average Bonchev–Trinajstić information content (AvgIpc) is 3.70. The summed E-state index contributed by atoms with van der Waals surface area (Å²) in [6.45, 7) is 19.4. The van der Waals surface area contributed by atoms with Crippen LogP contribution < -0.4 is 5.32 Å². The highest BCUT2D eigenvalue weighted by atomic mass is 28.4. The van der Waals surface area contributed by atoms with Gasteiger partial charge in [-0.15, -0.1) is 0 Å². The van der Waals surface area contributed by atoms with E-state index in [2.05, 4.69) is 10.2 Å². The van der Waals surface area contributed by atoms with E-state index < -0.39 is 128 Å². The third-order valence-electron chi connectivity index (χ3n) is 16.9. The fourth-order valence-electron chi connectivity index (χ4n) is 12.6. The van der Waals surface area contributed by atoms with Gasteiger partial charge in [0.1, 0.15) is 36.1 Å². The van der Waals surface area contributed by atoms with E-state index in [1.807, 2.05) is 27.7 Å². The molecule has 0 spiro atoms. The van der Waals surface area contributed by atoms with Gasteiger partial charge in [0.05, 0.1) is 36.9 Å². The Bertz CT molecular complexity index is 2100. The van der Waals surface area contributed by atoms with Crippen LogP contribution in [0.2, 0.25) is 18.1 Å². The molecule has 386 valence electrons. The second-order valence-electron chi connectivity index (χ2n) is 21.3. The number of benzene rings is 1.